The molecule has 0 aliphatic carbocycles. The Morgan fingerprint density at radius 3 is 2.07 bits per heavy atom. The molecule has 1 unspecified atom stereocenters. The number of benzene rings is 5. The molecule has 0 spiro atoms. The van der Waals surface area contributed by atoms with Crippen molar-refractivity contribution in [1.82, 2.24) is 9.13 Å². The first-order chi connectivity index (χ1) is 21.3. The summed E-state index contributed by atoms with van der Waals surface area (Å²) in [5.41, 5.74) is 6.62. The fourth-order valence-corrected chi connectivity index (χ4v) is 6.51. The number of aromatic nitrogens is 2. The maximum Gasteiger partial charge on any atom is 0.173 e. The molecular weight excluding hydrogens is 528 g/mol. The monoisotopic (exact) mass is 552 g/mol. The lowest BCUT2D eigenvalue weighted by Crippen LogP contribution is -2.03. The van der Waals surface area contributed by atoms with Gasteiger partial charge in [0.2, 0.25) is 0 Å². The second-order valence-corrected chi connectivity index (χ2v) is 10.7. The normalized spacial score (nSPS) is 13.1. The Balaban J connectivity index is 1.25. The summed E-state index contributed by atoms with van der Waals surface area (Å²) in [5, 5.41) is 16.9. The van der Waals surface area contributed by atoms with Gasteiger partial charge in [0.05, 0.1) is 46.0 Å². The number of fused-ring (bicyclic) bond motifs is 10. The van der Waals surface area contributed by atoms with Crippen molar-refractivity contribution >= 4 is 77.4 Å². The maximum atomic E-state index is 10.3. The summed E-state index contributed by atoms with van der Waals surface area (Å²) in [6, 6.07) is 39.6. The highest BCUT2D eigenvalue weighted by molar-refractivity contribution is 6.23. The molecule has 8 aromatic rings. The fourth-order valence-electron chi connectivity index (χ4n) is 6.51. The highest BCUT2D eigenvalue weighted by atomic mass is 16.3. The third-order valence-electron chi connectivity index (χ3n) is 8.36. The zero-order valence-corrected chi connectivity index (χ0v) is 23.1. The molecule has 0 amide bonds. The molecule has 0 saturated heterocycles. The van der Waals surface area contributed by atoms with Gasteiger partial charge in [0.15, 0.2) is 6.20 Å². The van der Waals surface area contributed by atoms with Crippen LogP contribution in [0.4, 0.5) is 0 Å². The molecule has 1 atom stereocenters. The van der Waals surface area contributed by atoms with Crippen molar-refractivity contribution in [2.75, 3.05) is 0 Å². The predicted octanol–water partition coefficient (Wildman–Crippen LogP) is 10.2. The maximum absolute atomic E-state index is 10.3. The van der Waals surface area contributed by atoms with Gasteiger partial charge in [0.25, 0.3) is 0 Å². The standard InChI is InChI=1S/C38H24N4O/c1-40-24-26(42-33-15-7-2-10-27(33)28-11-3-8-16-34(28)42)22-25(23-39)20-21-41-32-14-6-4-13-31(32)37-35(41)19-18-30-29-12-5-9-17-36(29)43-38(30)37/h2-21,24-25H,22H2/b21-20+,26-24-. The first-order valence-electron chi connectivity index (χ1n) is 14.2. The Labute approximate surface area is 247 Å². The third-order valence-corrected chi connectivity index (χ3v) is 8.36. The predicted molar refractivity (Wildman–Crippen MR) is 176 cm³/mol. The van der Waals surface area contributed by atoms with E-state index < -0.39 is 5.92 Å². The molecule has 8 rings (SSSR count). The SMILES string of the molecule is [C-]#[N+]/C=C(/CC(C#N)/C=C/n1c2ccccc2c2c3oc4ccccc4c3ccc21)n1c2ccccc2c2ccccc21. The van der Waals surface area contributed by atoms with Crippen LogP contribution in [0, 0.1) is 23.8 Å². The van der Waals surface area contributed by atoms with Crippen molar-refractivity contribution in [1.29, 1.82) is 5.26 Å². The van der Waals surface area contributed by atoms with Crippen LogP contribution in [0.15, 0.2) is 126 Å². The molecule has 0 aliphatic rings. The van der Waals surface area contributed by atoms with Crippen LogP contribution >= 0.6 is 0 Å². The molecule has 43 heavy (non-hydrogen) atoms. The van der Waals surface area contributed by atoms with Crippen molar-refractivity contribution < 1.29 is 4.42 Å². The number of hydrogen-bond donors (Lipinski definition) is 0. The van der Waals surface area contributed by atoms with Crippen molar-refractivity contribution in [3.05, 3.63) is 133 Å². The molecule has 5 nitrogen and oxygen atoms in total. The molecule has 5 aromatic carbocycles. The van der Waals surface area contributed by atoms with Gasteiger partial charge in [-0.1, -0.05) is 78.9 Å². The van der Waals surface area contributed by atoms with E-state index in [-0.39, 0.29) is 0 Å². The van der Waals surface area contributed by atoms with Crippen LogP contribution in [0.5, 0.6) is 0 Å². The lowest BCUT2D eigenvalue weighted by Gasteiger charge is -2.14. The van der Waals surface area contributed by atoms with Crippen LogP contribution in [-0.4, -0.2) is 9.13 Å². The van der Waals surface area contributed by atoms with E-state index in [1.165, 1.54) is 0 Å². The lowest BCUT2D eigenvalue weighted by atomic mass is 10.0. The topological polar surface area (TPSA) is 51.1 Å². The molecule has 0 bridgehead atoms. The van der Waals surface area contributed by atoms with Crippen LogP contribution in [0.1, 0.15) is 6.42 Å². The summed E-state index contributed by atoms with van der Waals surface area (Å²) >= 11 is 0. The van der Waals surface area contributed by atoms with Crippen LogP contribution < -0.4 is 0 Å². The highest BCUT2D eigenvalue weighted by Crippen LogP contribution is 2.39. The van der Waals surface area contributed by atoms with Gasteiger partial charge < -0.3 is 13.6 Å². The molecule has 0 aliphatic heterocycles. The minimum Gasteiger partial charge on any atom is -0.455 e. The summed E-state index contributed by atoms with van der Waals surface area (Å²) in [6.07, 6.45) is 5.88. The van der Waals surface area contributed by atoms with Crippen molar-refractivity contribution in [3.8, 4) is 6.07 Å². The molecule has 0 N–H and O–H groups in total. The Kier molecular flexibility index (Phi) is 5.64. The zero-order chi connectivity index (χ0) is 28.9. The Hall–Kier alpha value is -6.04. The number of rotatable bonds is 5. The fraction of sp³-hybridized carbons (Fsp3) is 0.0526. The molecule has 202 valence electrons. The van der Waals surface area contributed by atoms with E-state index in [0.717, 1.165) is 71.2 Å². The van der Waals surface area contributed by atoms with Crippen LogP contribution in [0.3, 0.4) is 0 Å². The average Bonchev–Trinajstić information content (AvgIpc) is 3.70. The molecule has 3 heterocycles. The summed E-state index contributed by atoms with van der Waals surface area (Å²) in [4.78, 5) is 3.65. The summed E-state index contributed by atoms with van der Waals surface area (Å²) in [6.45, 7) is 7.68. The Morgan fingerprint density at radius 2 is 1.37 bits per heavy atom. The Morgan fingerprint density at radius 1 is 0.744 bits per heavy atom. The van der Waals surface area contributed by atoms with E-state index in [4.69, 9.17) is 11.0 Å². The second-order valence-electron chi connectivity index (χ2n) is 10.7. The van der Waals surface area contributed by atoms with Crippen molar-refractivity contribution in [2.45, 2.75) is 6.42 Å². The van der Waals surface area contributed by atoms with E-state index in [1.54, 1.807) is 6.20 Å². The quantitative estimate of drug-likeness (QED) is 0.199. The van der Waals surface area contributed by atoms with Gasteiger partial charge in [-0.05, 0) is 42.8 Å². The number of hydrogen-bond acceptors (Lipinski definition) is 2. The molecule has 0 fully saturated rings. The van der Waals surface area contributed by atoms with E-state index in [2.05, 4.69) is 74.6 Å². The van der Waals surface area contributed by atoms with E-state index in [0.29, 0.717) is 6.42 Å². The van der Waals surface area contributed by atoms with Crippen LogP contribution in [0.2, 0.25) is 0 Å². The van der Waals surface area contributed by atoms with E-state index >= 15 is 0 Å². The summed E-state index contributed by atoms with van der Waals surface area (Å²) < 4.78 is 10.7. The number of allylic oxidation sites excluding steroid dienone is 2. The second kappa shape index (κ2) is 9.80. The third kappa shape index (κ3) is 3.76. The minimum atomic E-state index is -0.459. The van der Waals surface area contributed by atoms with Gasteiger partial charge in [-0.3, -0.25) is 0 Å². The number of furan rings is 1. The Bertz CT molecular complexity index is 2470. The van der Waals surface area contributed by atoms with Gasteiger partial charge in [0, 0.05) is 38.8 Å². The smallest absolute Gasteiger partial charge is 0.173 e. The van der Waals surface area contributed by atoms with Crippen molar-refractivity contribution in [2.24, 2.45) is 5.92 Å². The number of nitriles is 1. The molecular formula is C38H24N4O. The minimum absolute atomic E-state index is 0.392. The van der Waals surface area contributed by atoms with E-state index in [1.807, 2.05) is 66.9 Å². The van der Waals surface area contributed by atoms with E-state index in [9.17, 15) is 5.26 Å². The van der Waals surface area contributed by atoms with Crippen LogP contribution in [0.25, 0.3) is 82.3 Å². The number of para-hydroxylation sites is 4. The van der Waals surface area contributed by atoms with Gasteiger partial charge in [-0.2, -0.15) is 5.26 Å². The van der Waals surface area contributed by atoms with Gasteiger partial charge >= 0.3 is 0 Å². The van der Waals surface area contributed by atoms with Gasteiger partial charge in [0.1, 0.15) is 11.2 Å². The van der Waals surface area contributed by atoms with Crippen molar-refractivity contribution in [3.63, 3.8) is 0 Å². The molecule has 0 saturated carbocycles. The lowest BCUT2D eigenvalue weighted by molar-refractivity contribution is 0.673. The first-order valence-corrected chi connectivity index (χ1v) is 14.2. The first kappa shape index (κ1) is 24.7. The number of nitrogens with zero attached hydrogens (tertiary/aromatic N) is 4. The molecule has 3 aromatic heterocycles. The largest absolute Gasteiger partial charge is 0.455 e. The molecule has 0 radical (unpaired) electrons. The zero-order valence-electron chi connectivity index (χ0n) is 23.1. The van der Waals surface area contributed by atoms with Gasteiger partial charge in [-0.25, -0.2) is 4.85 Å². The van der Waals surface area contributed by atoms with Crippen LogP contribution in [-0.2, 0) is 0 Å². The summed E-state index contributed by atoms with van der Waals surface area (Å²) in [7, 11) is 0. The van der Waals surface area contributed by atoms with Gasteiger partial charge in [-0.15, -0.1) is 0 Å². The summed E-state index contributed by atoms with van der Waals surface area (Å²) in [5.74, 6) is -0.459. The average molecular weight is 553 g/mol. The highest BCUT2D eigenvalue weighted by Gasteiger charge is 2.18. The molecule has 5 heteroatoms.